The highest BCUT2D eigenvalue weighted by Crippen LogP contribution is 2.34. The first-order valence-electron chi connectivity index (χ1n) is 7.59. The van der Waals surface area contributed by atoms with Crippen molar-refractivity contribution in [2.45, 2.75) is 26.2 Å². The predicted octanol–water partition coefficient (Wildman–Crippen LogP) is 2.82. The highest BCUT2D eigenvalue weighted by atomic mass is 16.6. The molecule has 23 heavy (non-hydrogen) atoms. The van der Waals surface area contributed by atoms with E-state index in [9.17, 15) is 10.1 Å². The van der Waals surface area contributed by atoms with Crippen LogP contribution in [-0.4, -0.2) is 33.0 Å². The molecule has 120 valence electrons. The van der Waals surface area contributed by atoms with E-state index in [1.807, 2.05) is 17.9 Å². The summed E-state index contributed by atoms with van der Waals surface area (Å²) in [6.07, 6.45) is 6.23. The summed E-state index contributed by atoms with van der Waals surface area (Å²) >= 11 is 0. The zero-order chi connectivity index (χ0) is 16.2. The number of pyridine rings is 1. The highest BCUT2D eigenvalue weighted by Gasteiger charge is 2.28. The van der Waals surface area contributed by atoms with Crippen molar-refractivity contribution in [3.8, 4) is 0 Å². The Balaban J connectivity index is 1.95. The minimum absolute atomic E-state index is 0.100. The number of nitrogens with one attached hydrogen (secondary N) is 1. The minimum Gasteiger partial charge on any atom is -0.351 e. The summed E-state index contributed by atoms with van der Waals surface area (Å²) in [5.74, 6) is 1.06. The highest BCUT2D eigenvalue weighted by molar-refractivity contribution is 5.73. The number of hydrogen-bond acceptors (Lipinski definition) is 7. The van der Waals surface area contributed by atoms with Crippen LogP contribution in [0.4, 0.5) is 23.1 Å². The average Bonchev–Trinajstić information content (AvgIpc) is 2.57. The number of piperidine rings is 1. The molecule has 8 heteroatoms. The van der Waals surface area contributed by atoms with E-state index in [-0.39, 0.29) is 11.5 Å². The fraction of sp³-hybridized carbons (Fsp3) is 0.400. The Morgan fingerprint density at radius 2 is 1.96 bits per heavy atom. The van der Waals surface area contributed by atoms with Crippen LogP contribution in [0, 0.1) is 17.0 Å². The first-order valence-corrected chi connectivity index (χ1v) is 7.59. The number of aromatic nitrogens is 3. The Bertz CT molecular complexity index is 698. The molecule has 8 nitrogen and oxygen atoms in total. The van der Waals surface area contributed by atoms with Crippen molar-refractivity contribution in [2.24, 2.45) is 0 Å². The van der Waals surface area contributed by atoms with E-state index in [0.717, 1.165) is 37.9 Å². The van der Waals surface area contributed by atoms with Crippen LogP contribution >= 0.6 is 0 Å². The minimum atomic E-state index is -0.430. The quantitative estimate of drug-likeness (QED) is 0.684. The molecular formula is C15H18N6O2. The van der Waals surface area contributed by atoms with Gasteiger partial charge in [0, 0.05) is 19.3 Å². The second-order valence-corrected chi connectivity index (χ2v) is 5.55. The third-order valence-corrected chi connectivity index (χ3v) is 3.80. The lowest BCUT2D eigenvalue weighted by Crippen LogP contribution is -2.31. The maximum atomic E-state index is 11.6. The number of hydrogen-bond donors (Lipinski definition) is 1. The molecule has 2 aromatic rings. The van der Waals surface area contributed by atoms with Crippen LogP contribution in [0.3, 0.4) is 0 Å². The van der Waals surface area contributed by atoms with E-state index in [1.54, 1.807) is 12.3 Å². The smallest absolute Gasteiger partial charge is 0.351 e. The van der Waals surface area contributed by atoms with Crippen LogP contribution in [-0.2, 0) is 0 Å². The van der Waals surface area contributed by atoms with Crippen LogP contribution in [0.2, 0.25) is 0 Å². The molecule has 1 N–H and O–H groups in total. The molecule has 0 radical (unpaired) electrons. The fourth-order valence-electron chi connectivity index (χ4n) is 2.63. The van der Waals surface area contributed by atoms with E-state index in [2.05, 4.69) is 20.3 Å². The van der Waals surface area contributed by atoms with Crippen LogP contribution in [0.5, 0.6) is 0 Å². The molecule has 0 aromatic carbocycles. The maximum absolute atomic E-state index is 11.6. The summed E-state index contributed by atoms with van der Waals surface area (Å²) in [6, 6.07) is 3.65. The number of rotatable bonds is 4. The number of nitrogens with zero attached hydrogens (tertiary/aromatic N) is 5. The van der Waals surface area contributed by atoms with Gasteiger partial charge in [-0.3, -0.25) is 10.1 Å². The number of nitro groups is 1. The molecule has 0 bridgehead atoms. The Morgan fingerprint density at radius 3 is 2.61 bits per heavy atom. The van der Waals surface area contributed by atoms with Crippen LogP contribution in [0.15, 0.2) is 24.7 Å². The number of anilines is 3. The lowest BCUT2D eigenvalue weighted by atomic mass is 10.1. The Hall–Kier alpha value is -2.77. The van der Waals surface area contributed by atoms with Gasteiger partial charge in [0.05, 0.1) is 4.92 Å². The van der Waals surface area contributed by atoms with E-state index in [4.69, 9.17) is 0 Å². The van der Waals surface area contributed by atoms with Crippen molar-refractivity contribution in [3.05, 3.63) is 40.3 Å². The first-order chi connectivity index (χ1) is 11.1. The van der Waals surface area contributed by atoms with Crippen LogP contribution in [0.25, 0.3) is 0 Å². The van der Waals surface area contributed by atoms with Crippen LogP contribution in [0.1, 0.15) is 24.8 Å². The Labute approximate surface area is 133 Å². The summed E-state index contributed by atoms with van der Waals surface area (Å²) in [4.78, 5) is 25.5. The summed E-state index contributed by atoms with van der Waals surface area (Å²) < 4.78 is 0. The molecular weight excluding hydrogens is 296 g/mol. The van der Waals surface area contributed by atoms with Gasteiger partial charge in [-0.2, -0.15) is 0 Å². The zero-order valence-corrected chi connectivity index (χ0v) is 12.9. The monoisotopic (exact) mass is 314 g/mol. The van der Waals surface area contributed by atoms with Crippen molar-refractivity contribution in [2.75, 3.05) is 23.3 Å². The van der Waals surface area contributed by atoms with Gasteiger partial charge in [0.2, 0.25) is 11.6 Å². The Kier molecular flexibility index (Phi) is 4.31. The van der Waals surface area contributed by atoms with Gasteiger partial charge in [0.15, 0.2) is 0 Å². The van der Waals surface area contributed by atoms with Crippen LogP contribution < -0.4 is 10.2 Å². The molecule has 0 amide bonds. The van der Waals surface area contributed by atoms with E-state index in [1.165, 1.54) is 6.33 Å². The fourth-order valence-corrected chi connectivity index (χ4v) is 2.63. The number of aryl methyl sites for hydroxylation is 1. The molecule has 0 unspecified atom stereocenters. The lowest BCUT2D eigenvalue weighted by molar-refractivity contribution is -0.383. The molecule has 0 atom stereocenters. The summed E-state index contributed by atoms with van der Waals surface area (Å²) in [7, 11) is 0. The molecule has 0 saturated carbocycles. The SMILES string of the molecule is Cc1ccc(Nc2ncnc(N3CCCCC3)c2[N+](=O)[O-])nc1. The standard InChI is InChI=1S/C15H18N6O2/c1-11-5-6-12(16-9-11)19-14-13(21(22)23)15(18-10-17-14)20-7-3-2-4-8-20/h5-6,9-10H,2-4,7-8H2,1H3,(H,16,17,18,19). The zero-order valence-electron chi connectivity index (χ0n) is 12.9. The predicted molar refractivity (Wildman–Crippen MR) is 87.0 cm³/mol. The largest absolute Gasteiger partial charge is 0.353 e. The second-order valence-electron chi connectivity index (χ2n) is 5.55. The molecule has 0 aliphatic carbocycles. The van der Waals surface area contributed by atoms with Crippen molar-refractivity contribution >= 4 is 23.1 Å². The third kappa shape index (κ3) is 3.36. The topological polar surface area (TPSA) is 97.1 Å². The molecule has 2 aromatic heterocycles. The van der Waals surface area contributed by atoms with Crippen molar-refractivity contribution in [1.29, 1.82) is 0 Å². The second kappa shape index (κ2) is 6.55. The van der Waals surface area contributed by atoms with Gasteiger partial charge in [0.25, 0.3) is 0 Å². The Morgan fingerprint density at radius 1 is 1.17 bits per heavy atom. The van der Waals surface area contributed by atoms with Gasteiger partial charge in [-0.25, -0.2) is 15.0 Å². The maximum Gasteiger partial charge on any atom is 0.353 e. The van der Waals surface area contributed by atoms with E-state index in [0.29, 0.717) is 11.6 Å². The normalized spacial score (nSPS) is 14.6. The van der Waals surface area contributed by atoms with Gasteiger partial charge in [0.1, 0.15) is 12.1 Å². The molecule has 0 spiro atoms. The molecule has 1 aliphatic rings. The van der Waals surface area contributed by atoms with Gasteiger partial charge >= 0.3 is 5.69 Å². The molecule has 1 fully saturated rings. The first kappa shape index (κ1) is 15.1. The van der Waals surface area contributed by atoms with Crippen molar-refractivity contribution in [1.82, 2.24) is 15.0 Å². The van der Waals surface area contributed by atoms with Crippen molar-refractivity contribution < 1.29 is 4.92 Å². The van der Waals surface area contributed by atoms with E-state index >= 15 is 0 Å². The van der Waals surface area contributed by atoms with Gasteiger partial charge < -0.3 is 10.2 Å². The molecule has 3 heterocycles. The molecule has 3 rings (SSSR count). The van der Waals surface area contributed by atoms with Gasteiger partial charge in [-0.1, -0.05) is 6.07 Å². The third-order valence-electron chi connectivity index (χ3n) is 3.80. The van der Waals surface area contributed by atoms with Crippen molar-refractivity contribution in [3.63, 3.8) is 0 Å². The average molecular weight is 314 g/mol. The van der Waals surface area contributed by atoms with E-state index < -0.39 is 4.92 Å². The summed E-state index contributed by atoms with van der Waals surface area (Å²) in [5.41, 5.74) is 0.915. The summed E-state index contributed by atoms with van der Waals surface area (Å²) in [5, 5.41) is 14.5. The lowest BCUT2D eigenvalue weighted by Gasteiger charge is -2.27. The van der Waals surface area contributed by atoms with Gasteiger partial charge in [-0.15, -0.1) is 0 Å². The van der Waals surface area contributed by atoms with Gasteiger partial charge in [-0.05, 0) is 37.8 Å². The molecule has 1 saturated heterocycles. The summed E-state index contributed by atoms with van der Waals surface area (Å²) in [6.45, 7) is 3.48. The molecule has 1 aliphatic heterocycles.